The molecule has 1 atom stereocenters. The van der Waals surface area contributed by atoms with Gasteiger partial charge >= 0.3 is 0 Å². The van der Waals surface area contributed by atoms with Crippen molar-refractivity contribution in [2.24, 2.45) is 0 Å². The third-order valence-corrected chi connectivity index (χ3v) is 11.9. The summed E-state index contributed by atoms with van der Waals surface area (Å²) in [6.45, 7) is 0. The Bertz CT molecular complexity index is 2990. The standard InChI is InChI=1S/C51H30O/c1-2-11-34-29-47-43(28-33(34)10-1)38-13-4-7-18-45(38)51(47)44-17-6-3-12-37(44)39-25-24-35(30-46(39)51)31-20-22-32(23-21-31)36-26-27-49-50-41(36)15-9-16-42(50)40-14-5-8-19-48(40)52-49/h1-30H. The molecule has 9 aromatic carbocycles. The van der Waals surface area contributed by atoms with Crippen molar-refractivity contribution in [3.8, 4) is 67.1 Å². The molecular weight excluding hydrogens is 629 g/mol. The van der Waals surface area contributed by atoms with Gasteiger partial charge in [-0.3, -0.25) is 0 Å². The zero-order valence-electron chi connectivity index (χ0n) is 28.2. The fraction of sp³-hybridized carbons (Fsp3) is 0.0196. The van der Waals surface area contributed by atoms with E-state index in [0.717, 1.165) is 17.1 Å². The van der Waals surface area contributed by atoms with Crippen LogP contribution < -0.4 is 4.74 Å². The van der Waals surface area contributed by atoms with Crippen LogP contribution in [0.1, 0.15) is 22.3 Å². The molecule has 240 valence electrons. The lowest BCUT2D eigenvalue weighted by Gasteiger charge is -2.31. The lowest BCUT2D eigenvalue weighted by atomic mass is 9.70. The third kappa shape index (κ3) is 3.57. The van der Waals surface area contributed by atoms with E-state index in [1.54, 1.807) is 0 Å². The monoisotopic (exact) mass is 658 g/mol. The van der Waals surface area contributed by atoms with Gasteiger partial charge in [0.2, 0.25) is 0 Å². The van der Waals surface area contributed by atoms with Crippen molar-refractivity contribution >= 4 is 21.5 Å². The maximum atomic E-state index is 6.38. The van der Waals surface area contributed by atoms with Crippen molar-refractivity contribution in [3.05, 3.63) is 204 Å². The predicted molar refractivity (Wildman–Crippen MR) is 214 cm³/mol. The summed E-state index contributed by atoms with van der Waals surface area (Å²) in [6.07, 6.45) is 0. The number of hydrogen-bond donors (Lipinski definition) is 0. The summed E-state index contributed by atoms with van der Waals surface area (Å²) in [5.74, 6) is 1.83. The molecular formula is C51H30O. The molecule has 1 nitrogen and oxygen atoms in total. The summed E-state index contributed by atoms with van der Waals surface area (Å²) >= 11 is 0. The molecule has 2 aliphatic carbocycles. The van der Waals surface area contributed by atoms with E-state index in [2.05, 4.69) is 176 Å². The number of fused-ring (bicyclic) bond motifs is 13. The van der Waals surface area contributed by atoms with Crippen LogP contribution in [0.3, 0.4) is 0 Å². The first kappa shape index (κ1) is 28.0. The fourth-order valence-corrected chi connectivity index (χ4v) is 9.68. The fourth-order valence-electron chi connectivity index (χ4n) is 9.68. The Morgan fingerprint density at radius 1 is 0.308 bits per heavy atom. The first-order valence-corrected chi connectivity index (χ1v) is 18.1. The van der Waals surface area contributed by atoms with E-state index in [-0.39, 0.29) is 5.41 Å². The van der Waals surface area contributed by atoms with Gasteiger partial charge in [-0.25, -0.2) is 0 Å². The third-order valence-electron chi connectivity index (χ3n) is 11.9. The molecule has 52 heavy (non-hydrogen) atoms. The molecule has 0 radical (unpaired) electrons. The number of hydrogen-bond acceptors (Lipinski definition) is 1. The van der Waals surface area contributed by atoms with Gasteiger partial charge in [-0.05, 0) is 119 Å². The largest absolute Gasteiger partial charge is 0.456 e. The van der Waals surface area contributed by atoms with Crippen molar-refractivity contribution in [3.63, 3.8) is 0 Å². The average Bonchev–Trinajstić information content (AvgIpc) is 3.67. The molecule has 1 unspecified atom stereocenters. The highest BCUT2D eigenvalue weighted by molar-refractivity contribution is 6.10. The van der Waals surface area contributed by atoms with Gasteiger partial charge in [0.15, 0.2) is 0 Å². The van der Waals surface area contributed by atoms with Crippen LogP contribution in [0.5, 0.6) is 11.5 Å². The molecule has 3 aliphatic rings. The molecule has 12 rings (SSSR count). The zero-order valence-corrected chi connectivity index (χ0v) is 28.2. The van der Waals surface area contributed by atoms with Gasteiger partial charge in [0, 0.05) is 10.9 Å². The minimum absolute atomic E-state index is 0.387. The molecule has 1 spiro atoms. The van der Waals surface area contributed by atoms with Crippen LogP contribution in [0.25, 0.3) is 77.2 Å². The quantitative estimate of drug-likeness (QED) is 0.180. The summed E-state index contributed by atoms with van der Waals surface area (Å²) in [4.78, 5) is 0. The summed E-state index contributed by atoms with van der Waals surface area (Å²) in [5, 5.41) is 4.94. The Morgan fingerprint density at radius 2 is 0.885 bits per heavy atom. The molecule has 0 saturated heterocycles. The van der Waals surface area contributed by atoms with Crippen molar-refractivity contribution in [1.82, 2.24) is 0 Å². The van der Waals surface area contributed by atoms with Crippen LogP contribution in [0.4, 0.5) is 0 Å². The first-order valence-electron chi connectivity index (χ1n) is 18.1. The molecule has 0 bridgehead atoms. The van der Waals surface area contributed by atoms with Crippen molar-refractivity contribution in [1.29, 1.82) is 0 Å². The summed E-state index contributed by atoms with van der Waals surface area (Å²) in [5.41, 5.74) is 17.6. The van der Waals surface area contributed by atoms with Crippen molar-refractivity contribution in [2.75, 3.05) is 0 Å². The second-order valence-electron chi connectivity index (χ2n) is 14.4. The maximum absolute atomic E-state index is 6.38. The van der Waals surface area contributed by atoms with Gasteiger partial charge in [0.1, 0.15) is 11.5 Å². The number of benzene rings is 9. The lowest BCUT2D eigenvalue weighted by Crippen LogP contribution is -2.25. The number of rotatable bonds is 2. The highest BCUT2D eigenvalue weighted by atomic mass is 16.5. The Balaban J connectivity index is 1.02. The smallest absolute Gasteiger partial charge is 0.135 e. The molecule has 1 heterocycles. The van der Waals surface area contributed by atoms with E-state index in [1.807, 2.05) is 6.07 Å². The Morgan fingerprint density at radius 3 is 1.69 bits per heavy atom. The second-order valence-corrected chi connectivity index (χ2v) is 14.4. The normalized spacial score (nSPS) is 15.5. The minimum Gasteiger partial charge on any atom is -0.456 e. The van der Waals surface area contributed by atoms with Gasteiger partial charge in [0.25, 0.3) is 0 Å². The van der Waals surface area contributed by atoms with Crippen LogP contribution in [-0.4, -0.2) is 0 Å². The van der Waals surface area contributed by atoms with Crippen LogP contribution in [-0.2, 0) is 5.41 Å². The number of para-hydroxylation sites is 1. The van der Waals surface area contributed by atoms with Crippen molar-refractivity contribution < 1.29 is 4.74 Å². The summed E-state index contributed by atoms with van der Waals surface area (Å²) in [7, 11) is 0. The van der Waals surface area contributed by atoms with Crippen molar-refractivity contribution in [2.45, 2.75) is 5.41 Å². The van der Waals surface area contributed by atoms with Gasteiger partial charge in [-0.2, -0.15) is 0 Å². The molecule has 1 heteroatoms. The van der Waals surface area contributed by atoms with E-state index in [0.29, 0.717) is 0 Å². The van der Waals surface area contributed by atoms with E-state index in [9.17, 15) is 0 Å². The van der Waals surface area contributed by atoms with Crippen LogP contribution in [0.2, 0.25) is 0 Å². The molecule has 9 aromatic rings. The topological polar surface area (TPSA) is 9.23 Å². The maximum Gasteiger partial charge on any atom is 0.135 e. The lowest BCUT2D eigenvalue weighted by molar-refractivity contribution is 0.487. The van der Waals surface area contributed by atoms with E-state index < -0.39 is 0 Å². The molecule has 0 fully saturated rings. The Hall–Kier alpha value is -6.70. The molecule has 0 saturated carbocycles. The molecule has 0 amide bonds. The van der Waals surface area contributed by atoms with Crippen LogP contribution >= 0.6 is 0 Å². The summed E-state index contributed by atoms with van der Waals surface area (Å²) < 4.78 is 6.38. The predicted octanol–water partition coefficient (Wildman–Crippen LogP) is 13.4. The zero-order chi connectivity index (χ0) is 34.0. The minimum atomic E-state index is -0.387. The number of ether oxygens (including phenoxy) is 1. The van der Waals surface area contributed by atoms with E-state index in [4.69, 9.17) is 4.74 Å². The first-order chi connectivity index (χ1) is 25.8. The average molecular weight is 659 g/mol. The van der Waals surface area contributed by atoms with E-state index in [1.165, 1.54) is 93.9 Å². The Kier molecular flexibility index (Phi) is 5.49. The second kappa shape index (κ2) is 10.2. The highest BCUT2D eigenvalue weighted by Gasteiger charge is 2.51. The molecule has 1 aliphatic heterocycles. The molecule has 0 N–H and O–H groups in total. The van der Waals surface area contributed by atoms with Gasteiger partial charge in [-0.1, -0.05) is 152 Å². The van der Waals surface area contributed by atoms with E-state index >= 15 is 0 Å². The SMILES string of the molecule is c1ccc2c(c1)Oc1ccc(-c3ccc(-c4ccc5c(c4)C4(c6ccccc6-5)c5ccccc5-c5cc6ccccc6cc54)cc3)c3cccc-2c13. The van der Waals surface area contributed by atoms with Gasteiger partial charge in [0.05, 0.1) is 5.41 Å². The Labute approximate surface area is 302 Å². The molecule has 0 aromatic heterocycles. The van der Waals surface area contributed by atoms with Gasteiger partial charge < -0.3 is 4.74 Å². The van der Waals surface area contributed by atoms with Crippen LogP contribution in [0, 0.1) is 0 Å². The van der Waals surface area contributed by atoms with Crippen LogP contribution in [0.15, 0.2) is 182 Å². The summed E-state index contributed by atoms with van der Waals surface area (Å²) in [6, 6.07) is 67.3. The highest BCUT2D eigenvalue weighted by Crippen LogP contribution is 2.63. The van der Waals surface area contributed by atoms with Gasteiger partial charge in [-0.15, -0.1) is 0 Å².